The molecule has 0 aromatic heterocycles. The lowest BCUT2D eigenvalue weighted by Gasteiger charge is -2.45. The van der Waals surface area contributed by atoms with E-state index in [0.717, 1.165) is 24.0 Å². The molecule has 2 N–H and O–H groups in total. The molecule has 1 aromatic carbocycles. The fraction of sp³-hybridized carbons (Fsp3) is 0.720. The van der Waals surface area contributed by atoms with Crippen LogP contribution in [0.5, 0.6) is 5.75 Å². The predicted octanol–water partition coefficient (Wildman–Crippen LogP) is 3.77. The van der Waals surface area contributed by atoms with Crippen molar-refractivity contribution in [2.24, 2.45) is 23.7 Å². The Morgan fingerprint density at radius 1 is 1.13 bits per heavy atom. The van der Waals surface area contributed by atoms with Gasteiger partial charge in [-0.2, -0.15) is 0 Å². The number of aryl methyl sites for hydroxylation is 2. The van der Waals surface area contributed by atoms with Crippen LogP contribution >= 0.6 is 0 Å². The maximum atomic E-state index is 12.7. The van der Waals surface area contributed by atoms with Crippen LogP contribution in [-0.2, 0) is 14.3 Å². The summed E-state index contributed by atoms with van der Waals surface area (Å²) in [6, 6.07) is 5.67. The van der Waals surface area contributed by atoms with Crippen molar-refractivity contribution in [1.82, 2.24) is 0 Å². The number of hydrogen-bond acceptors (Lipinski definition) is 6. The maximum absolute atomic E-state index is 12.7. The minimum absolute atomic E-state index is 0.130. The molecule has 0 spiro atoms. The first-order chi connectivity index (χ1) is 14.4. The van der Waals surface area contributed by atoms with Gasteiger partial charge in [0.1, 0.15) is 5.75 Å². The number of rotatable bonds is 7. The van der Waals surface area contributed by atoms with Gasteiger partial charge in [0, 0.05) is 24.2 Å². The summed E-state index contributed by atoms with van der Waals surface area (Å²) >= 11 is 0. The van der Waals surface area contributed by atoms with Gasteiger partial charge in [0.25, 0.3) is 0 Å². The molecule has 0 saturated carbocycles. The van der Waals surface area contributed by atoms with Crippen molar-refractivity contribution in [2.45, 2.75) is 91.5 Å². The van der Waals surface area contributed by atoms with E-state index in [1.165, 1.54) is 0 Å². The summed E-state index contributed by atoms with van der Waals surface area (Å²) < 4.78 is 17.9. The molecule has 3 rings (SSSR count). The second-order valence-electron chi connectivity index (χ2n) is 9.90. The monoisotopic (exact) mass is 434 g/mol. The molecule has 2 aliphatic heterocycles. The highest BCUT2D eigenvalue weighted by molar-refractivity contribution is 5.76. The first-order valence-corrected chi connectivity index (χ1v) is 11.4. The predicted molar refractivity (Wildman–Crippen MR) is 118 cm³/mol. The summed E-state index contributed by atoms with van der Waals surface area (Å²) in [6.45, 7) is 13.2. The van der Waals surface area contributed by atoms with Gasteiger partial charge >= 0.3 is 5.97 Å². The van der Waals surface area contributed by atoms with E-state index in [0.29, 0.717) is 5.75 Å². The van der Waals surface area contributed by atoms with Gasteiger partial charge in [-0.15, -0.1) is 0 Å². The zero-order chi connectivity index (χ0) is 23.1. The number of para-hydroxylation sites is 1. The number of benzene rings is 1. The number of carbonyl (C=O) groups excluding carboxylic acids is 1. The Bertz CT molecular complexity index is 774. The van der Waals surface area contributed by atoms with Gasteiger partial charge in [-0.05, 0) is 45.2 Å². The van der Waals surface area contributed by atoms with Gasteiger partial charge in [0.15, 0.2) is 5.79 Å². The third-order valence-electron chi connectivity index (χ3n) is 7.40. The normalized spacial score (nSPS) is 32.7. The summed E-state index contributed by atoms with van der Waals surface area (Å²) in [4.78, 5) is 12.7. The van der Waals surface area contributed by atoms with Gasteiger partial charge in [-0.3, -0.25) is 4.79 Å². The van der Waals surface area contributed by atoms with Crippen molar-refractivity contribution in [3.63, 3.8) is 0 Å². The van der Waals surface area contributed by atoms with E-state index in [1.807, 2.05) is 45.9 Å². The van der Waals surface area contributed by atoms with E-state index >= 15 is 0 Å². The summed E-state index contributed by atoms with van der Waals surface area (Å²) in [6.07, 6.45) is -0.120. The molecule has 2 aliphatic rings. The number of esters is 1. The number of carbonyl (C=O) groups is 1. The van der Waals surface area contributed by atoms with Crippen molar-refractivity contribution in [1.29, 1.82) is 0 Å². The summed E-state index contributed by atoms with van der Waals surface area (Å²) in [5.41, 5.74) is 1.73. The van der Waals surface area contributed by atoms with E-state index in [2.05, 4.69) is 6.92 Å². The first-order valence-electron chi connectivity index (χ1n) is 11.4. The number of hydrogen-bond donors (Lipinski definition) is 2. The zero-order valence-electron chi connectivity index (χ0n) is 19.8. The fourth-order valence-corrected chi connectivity index (χ4v) is 5.12. The van der Waals surface area contributed by atoms with Crippen molar-refractivity contribution in [3.05, 3.63) is 29.3 Å². The summed E-state index contributed by atoms with van der Waals surface area (Å²) in [7, 11) is 0. The van der Waals surface area contributed by atoms with Crippen molar-refractivity contribution >= 4 is 5.97 Å². The highest BCUT2D eigenvalue weighted by Crippen LogP contribution is 2.45. The number of ether oxygens (including phenoxy) is 3. The molecular formula is C25H38O6. The Morgan fingerprint density at radius 3 is 2.35 bits per heavy atom. The van der Waals surface area contributed by atoms with E-state index in [9.17, 15) is 15.0 Å². The second kappa shape index (κ2) is 9.18. The van der Waals surface area contributed by atoms with Crippen molar-refractivity contribution in [3.8, 4) is 5.75 Å². The Hall–Kier alpha value is -1.47. The molecule has 0 unspecified atom stereocenters. The molecule has 0 aliphatic carbocycles. The molecule has 2 bridgehead atoms. The van der Waals surface area contributed by atoms with Crippen LogP contribution in [0.4, 0.5) is 0 Å². The summed E-state index contributed by atoms with van der Waals surface area (Å²) in [5, 5.41) is 22.0. The molecule has 1 aromatic rings. The van der Waals surface area contributed by atoms with Crippen LogP contribution in [0.1, 0.15) is 58.6 Å². The minimum Gasteiger partial charge on any atom is -0.426 e. The summed E-state index contributed by atoms with van der Waals surface area (Å²) in [5.74, 6) is -1.95. The van der Waals surface area contributed by atoms with Gasteiger partial charge in [0.05, 0.1) is 30.3 Å². The van der Waals surface area contributed by atoms with E-state index in [4.69, 9.17) is 14.2 Å². The Labute approximate surface area is 185 Å². The standard InChI is InChI=1S/C25H38O6/c1-13-9-8-10-14(2)22(13)29-24(28)18(6)21(27)16(4)20(26)17(5)23-15(3)19-11-12-25(7,30-19)31-23/h8-10,15-21,23,26-27H,11-12H2,1-7H3/t15-,16+,17-,18-,19+,20-,21-,23-,25+/m1/s1. The lowest BCUT2D eigenvalue weighted by Crippen LogP contribution is -2.52. The van der Waals surface area contributed by atoms with E-state index in [1.54, 1.807) is 13.8 Å². The van der Waals surface area contributed by atoms with Gasteiger partial charge in [0.2, 0.25) is 0 Å². The fourth-order valence-electron chi connectivity index (χ4n) is 5.12. The van der Waals surface area contributed by atoms with Crippen LogP contribution in [0.2, 0.25) is 0 Å². The van der Waals surface area contributed by atoms with Gasteiger partial charge in [-0.25, -0.2) is 0 Å². The van der Waals surface area contributed by atoms with Crippen LogP contribution in [-0.4, -0.2) is 46.4 Å². The Kier molecular flexibility index (Phi) is 7.16. The van der Waals surface area contributed by atoms with Gasteiger partial charge < -0.3 is 24.4 Å². The molecule has 0 amide bonds. The number of fused-ring (bicyclic) bond motifs is 2. The average Bonchev–Trinajstić information content (AvgIpc) is 3.08. The highest BCUT2D eigenvalue weighted by atomic mass is 16.7. The SMILES string of the molecule is Cc1cccc(C)c1OC(=O)[C@H](C)[C@H](O)[C@@H](C)[C@@H](O)[C@@H](C)[C@@H]1O[C@@]2(C)CC[C@H](O2)[C@H]1C. The lowest BCUT2D eigenvalue weighted by atomic mass is 9.78. The molecule has 6 nitrogen and oxygen atoms in total. The van der Waals surface area contributed by atoms with E-state index < -0.39 is 35.8 Å². The maximum Gasteiger partial charge on any atom is 0.316 e. The topological polar surface area (TPSA) is 85.2 Å². The average molecular weight is 435 g/mol. The molecule has 31 heavy (non-hydrogen) atoms. The van der Waals surface area contributed by atoms with Crippen LogP contribution < -0.4 is 4.74 Å². The minimum atomic E-state index is -1.04. The zero-order valence-corrected chi connectivity index (χ0v) is 19.8. The molecule has 174 valence electrons. The quantitative estimate of drug-likeness (QED) is 0.502. The van der Waals surface area contributed by atoms with Crippen LogP contribution in [0.3, 0.4) is 0 Å². The largest absolute Gasteiger partial charge is 0.426 e. The third kappa shape index (κ3) is 4.82. The first kappa shape index (κ1) is 24.2. The Balaban J connectivity index is 1.65. The number of aliphatic hydroxyl groups excluding tert-OH is 2. The molecule has 2 saturated heterocycles. The van der Waals surface area contributed by atoms with Crippen molar-refractivity contribution < 1.29 is 29.2 Å². The molecule has 9 atom stereocenters. The Morgan fingerprint density at radius 2 is 1.74 bits per heavy atom. The molecule has 2 fully saturated rings. The van der Waals surface area contributed by atoms with Crippen LogP contribution in [0.25, 0.3) is 0 Å². The van der Waals surface area contributed by atoms with Crippen molar-refractivity contribution in [2.75, 3.05) is 0 Å². The number of aliphatic hydroxyl groups is 2. The van der Waals surface area contributed by atoms with Crippen LogP contribution in [0.15, 0.2) is 18.2 Å². The van der Waals surface area contributed by atoms with Gasteiger partial charge in [-0.1, -0.05) is 39.0 Å². The van der Waals surface area contributed by atoms with E-state index in [-0.39, 0.29) is 24.0 Å². The molecule has 2 heterocycles. The smallest absolute Gasteiger partial charge is 0.316 e. The molecule has 0 radical (unpaired) electrons. The van der Waals surface area contributed by atoms with Crippen LogP contribution in [0, 0.1) is 37.5 Å². The second-order valence-corrected chi connectivity index (χ2v) is 9.90. The molecule has 6 heteroatoms. The third-order valence-corrected chi connectivity index (χ3v) is 7.40. The highest BCUT2D eigenvalue weighted by Gasteiger charge is 2.51. The lowest BCUT2D eigenvalue weighted by molar-refractivity contribution is -0.309. The molecular weight excluding hydrogens is 396 g/mol.